The summed E-state index contributed by atoms with van der Waals surface area (Å²) >= 11 is 0. The number of H-pyrrole nitrogens is 1. The highest BCUT2D eigenvalue weighted by Crippen LogP contribution is 2.20. The number of hydrogen-bond donors (Lipinski definition) is 2. The van der Waals surface area contributed by atoms with Crippen LogP contribution in [0, 0.1) is 13.8 Å². The van der Waals surface area contributed by atoms with Gasteiger partial charge in [-0.3, -0.25) is 19.2 Å². The second kappa shape index (κ2) is 9.19. The maximum absolute atomic E-state index is 12.4. The van der Waals surface area contributed by atoms with Crippen molar-refractivity contribution in [3.05, 3.63) is 51.2 Å². The molecule has 0 aliphatic carbocycles. The molecule has 152 valence electrons. The monoisotopic (exact) mass is 385 g/mol. The Morgan fingerprint density at radius 1 is 1.32 bits per heavy atom. The van der Waals surface area contributed by atoms with Crippen molar-refractivity contribution >= 4 is 5.91 Å². The van der Waals surface area contributed by atoms with Crippen LogP contribution in [0.5, 0.6) is 0 Å². The highest BCUT2D eigenvalue weighted by molar-refractivity contribution is 5.93. The van der Waals surface area contributed by atoms with Gasteiger partial charge in [0.25, 0.3) is 11.5 Å². The number of aryl methyl sites for hydroxylation is 2. The Balaban J connectivity index is 1.57. The molecule has 1 amide bonds. The number of carbonyl (C=O) groups excluding carboxylic acids is 1. The number of likely N-dealkylation sites (tertiary alicyclic amines) is 1. The van der Waals surface area contributed by atoms with Gasteiger partial charge in [0.15, 0.2) is 0 Å². The predicted octanol–water partition coefficient (Wildman–Crippen LogP) is 2.38. The molecule has 1 saturated heterocycles. The summed E-state index contributed by atoms with van der Waals surface area (Å²) < 4.78 is 1.85. The molecule has 28 heavy (non-hydrogen) atoms. The maximum atomic E-state index is 12.4. The minimum Gasteiger partial charge on any atom is -0.350 e. The van der Waals surface area contributed by atoms with Crippen LogP contribution in [0.25, 0.3) is 0 Å². The van der Waals surface area contributed by atoms with E-state index in [1.807, 2.05) is 30.7 Å². The maximum Gasteiger partial charge on any atom is 0.261 e. The number of aromatic amines is 1. The van der Waals surface area contributed by atoms with Crippen LogP contribution in [-0.2, 0) is 13.1 Å². The van der Waals surface area contributed by atoms with E-state index < -0.39 is 0 Å². The van der Waals surface area contributed by atoms with Crippen molar-refractivity contribution < 1.29 is 4.79 Å². The molecule has 0 radical (unpaired) electrons. The Labute approximate surface area is 166 Å². The van der Waals surface area contributed by atoms with Crippen LogP contribution in [0.1, 0.15) is 60.0 Å². The summed E-state index contributed by atoms with van der Waals surface area (Å²) in [6.45, 7) is 8.93. The molecule has 3 rings (SSSR count). The normalized spacial score (nSPS) is 17.6. The van der Waals surface area contributed by atoms with E-state index in [1.54, 1.807) is 6.07 Å². The highest BCUT2D eigenvalue weighted by Gasteiger charge is 2.21. The number of nitrogens with zero attached hydrogens (tertiary/aromatic N) is 3. The Hall–Kier alpha value is -2.41. The van der Waals surface area contributed by atoms with E-state index in [-0.39, 0.29) is 17.0 Å². The molecule has 0 spiro atoms. The van der Waals surface area contributed by atoms with Crippen molar-refractivity contribution in [2.75, 3.05) is 13.1 Å². The first-order valence-corrected chi connectivity index (χ1v) is 10.2. The third kappa shape index (κ3) is 4.90. The zero-order chi connectivity index (χ0) is 20.1. The van der Waals surface area contributed by atoms with Crippen LogP contribution in [0.4, 0.5) is 0 Å². The van der Waals surface area contributed by atoms with Gasteiger partial charge in [-0.05, 0) is 57.9 Å². The second-order valence-corrected chi connectivity index (χ2v) is 7.66. The van der Waals surface area contributed by atoms with Crippen molar-refractivity contribution in [3.63, 3.8) is 0 Å². The molecular formula is C21H31N5O2. The minimum atomic E-state index is -0.348. The molecule has 1 aliphatic rings. The van der Waals surface area contributed by atoms with Gasteiger partial charge in [0.1, 0.15) is 5.56 Å². The summed E-state index contributed by atoms with van der Waals surface area (Å²) in [5.41, 5.74) is 2.70. The predicted molar refractivity (Wildman–Crippen MR) is 109 cm³/mol. The molecule has 7 nitrogen and oxygen atoms in total. The lowest BCUT2D eigenvalue weighted by atomic mass is 10.00. The molecule has 1 atom stereocenters. The fourth-order valence-electron chi connectivity index (χ4n) is 4.01. The molecule has 0 aromatic carbocycles. The first kappa shape index (κ1) is 20.3. The first-order valence-electron chi connectivity index (χ1n) is 10.2. The van der Waals surface area contributed by atoms with E-state index >= 15 is 0 Å². The number of hydrogen-bond acceptors (Lipinski definition) is 4. The van der Waals surface area contributed by atoms with Gasteiger partial charge in [-0.2, -0.15) is 5.10 Å². The van der Waals surface area contributed by atoms with E-state index in [0.29, 0.717) is 19.1 Å². The number of aromatic nitrogens is 3. The minimum absolute atomic E-state index is 0.155. The van der Waals surface area contributed by atoms with E-state index in [2.05, 4.69) is 27.2 Å². The van der Waals surface area contributed by atoms with Gasteiger partial charge in [0.2, 0.25) is 0 Å². The van der Waals surface area contributed by atoms with E-state index in [1.165, 1.54) is 19.3 Å². The van der Waals surface area contributed by atoms with Crippen molar-refractivity contribution in [2.24, 2.45) is 0 Å². The summed E-state index contributed by atoms with van der Waals surface area (Å²) in [5, 5.41) is 7.18. The fraction of sp³-hybridized carbons (Fsp3) is 0.571. The zero-order valence-corrected chi connectivity index (χ0v) is 17.1. The van der Waals surface area contributed by atoms with Gasteiger partial charge in [-0.1, -0.05) is 13.3 Å². The lowest BCUT2D eigenvalue weighted by Crippen LogP contribution is -2.39. The van der Waals surface area contributed by atoms with Crippen LogP contribution >= 0.6 is 0 Å². The lowest BCUT2D eigenvalue weighted by Gasteiger charge is -2.35. The van der Waals surface area contributed by atoms with E-state index in [4.69, 9.17) is 0 Å². The summed E-state index contributed by atoms with van der Waals surface area (Å²) in [6.07, 6.45) is 4.83. The van der Waals surface area contributed by atoms with Crippen LogP contribution < -0.4 is 10.9 Å². The van der Waals surface area contributed by atoms with Crippen LogP contribution in [0.3, 0.4) is 0 Å². The Kier molecular flexibility index (Phi) is 6.67. The lowest BCUT2D eigenvalue weighted by molar-refractivity contribution is 0.0950. The van der Waals surface area contributed by atoms with Gasteiger partial charge < -0.3 is 10.3 Å². The molecule has 0 saturated carbocycles. The number of piperidine rings is 1. The molecule has 1 unspecified atom stereocenters. The van der Waals surface area contributed by atoms with Crippen molar-refractivity contribution in [3.8, 4) is 0 Å². The van der Waals surface area contributed by atoms with Gasteiger partial charge in [-0.15, -0.1) is 0 Å². The second-order valence-electron chi connectivity index (χ2n) is 7.66. The van der Waals surface area contributed by atoms with Crippen LogP contribution in [0.2, 0.25) is 0 Å². The SMILES string of the molecule is CCC1CCCCN1Cc1ccc(C(=O)NCCn2nc(C)cc2C)c(=O)[nH]1. The van der Waals surface area contributed by atoms with Gasteiger partial charge >= 0.3 is 0 Å². The number of nitrogens with one attached hydrogen (secondary N) is 2. The topological polar surface area (TPSA) is 83.0 Å². The van der Waals surface area contributed by atoms with Gasteiger partial charge in [-0.25, -0.2) is 0 Å². The highest BCUT2D eigenvalue weighted by atomic mass is 16.2. The largest absolute Gasteiger partial charge is 0.350 e. The zero-order valence-electron chi connectivity index (χ0n) is 17.1. The molecular weight excluding hydrogens is 354 g/mol. The molecule has 2 N–H and O–H groups in total. The van der Waals surface area contributed by atoms with Gasteiger partial charge in [0, 0.05) is 30.5 Å². The molecule has 1 aliphatic heterocycles. The number of carbonyl (C=O) groups is 1. The standard InChI is InChI=1S/C21H31N5O2/c1-4-18-7-5-6-11-25(18)14-17-8-9-19(21(28)23-17)20(27)22-10-12-26-16(3)13-15(2)24-26/h8-9,13,18H,4-7,10-12,14H2,1-3H3,(H,22,27)(H,23,28). The van der Waals surface area contributed by atoms with E-state index in [9.17, 15) is 9.59 Å². The van der Waals surface area contributed by atoms with E-state index in [0.717, 1.165) is 36.6 Å². The molecule has 1 fully saturated rings. The molecule has 2 aromatic heterocycles. The smallest absolute Gasteiger partial charge is 0.261 e. The van der Waals surface area contributed by atoms with Crippen LogP contribution in [-0.4, -0.2) is 44.7 Å². The fourth-order valence-corrected chi connectivity index (χ4v) is 4.01. The Morgan fingerprint density at radius 3 is 2.82 bits per heavy atom. The molecule has 3 heterocycles. The average Bonchev–Trinajstić information content (AvgIpc) is 2.99. The van der Waals surface area contributed by atoms with Crippen LogP contribution in [0.15, 0.2) is 23.0 Å². The summed E-state index contributed by atoms with van der Waals surface area (Å²) in [4.78, 5) is 30.1. The molecule has 2 aromatic rings. The number of pyridine rings is 1. The molecule has 7 heteroatoms. The Morgan fingerprint density at radius 2 is 2.14 bits per heavy atom. The van der Waals surface area contributed by atoms with Crippen molar-refractivity contribution in [2.45, 2.75) is 65.6 Å². The summed E-state index contributed by atoms with van der Waals surface area (Å²) in [7, 11) is 0. The van der Waals surface area contributed by atoms with Crippen molar-refractivity contribution in [1.82, 2.24) is 25.0 Å². The first-order chi connectivity index (χ1) is 13.5. The Bertz CT molecular complexity index is 870. The van der Waals surface area contributed by atoms with Crippen molar-refractivity contribution in [1.29, 1.82) is 0 Å². The number of amides is 1. The average molecular weight is 386 g/mol. The molecule has 0 bridgehead atoms. The summed E-state index contributed by atoms with van der Waals surface area (Å²) in [6, 6.07) is 6.07. The number of rotatable bonds is 7. The quantitative estimate of drug-likeness (QED) is 0.767. The third-order valence-corrected chi connectivity index (χ3v) is 5.52. The van der Waals surface area contributed by atoms with Gasteiger partial charge in [0.05, 0.1) is 12.2 Å². The summed E-state index contributed by atoms with van der Waals surface area (Å²) in [5.74, 6) is -0.348. The third-order valence-electron chi connectivity index (χ3n) is 5.52.